The molecule has 1 N–H and O–H groups in total. The van der Waals surface area contributed by atoms with Crippen molar-refractivity contribution in [2.24, 2.45) is 0 Å². The van der Waals surface area contributed by atoms with Crippen molar-refractivity contribution < 1.29 is 9.53 Å². The molecule has 0 heterocycles. The molecule has 22 heavy (non-hydrogen) atoms. The monoisotopic (exact) mass is 379 g/mol. The van der Waals surface area contributed by atoms with E-state index in [1.54, 1.807) is 11.8 Å². The first-order valence-electron chi connectivity index (χ1n) is 7.03. The maximum Gasteiger partial charge on any atom is 0.234 e. The second-order valence-electron chi connectivity index (χ2n) is 4.60. The Balaban J connectivity index is 1.83. The number of amides is 1. The average molecular weight is 380 g/mol. The number of para-hydroxylation sites is 2. The van der Waals surface area contributed by atoms with Crippen LogP contribution in [0, 0.1) is 0 Å². The number of carbonyl (C=O) groups is 1. The number of nitrogens with one attached hydrogen (secondary N) is 1. The maximum absolute atomic E-state index is 12.0. The van der Waals surface area contributed by atoms with Crippen molar-refractivity contribution in [3.05, 3.63) is 58.6 Å². The van der Waals surface area contributed by atoms with Crippen LogP contribution in [0.5, 0.6) is 5.75 Å². The Morgan fingerprint density at radius 2 is 2.05 bits per heavy atom. The largest absolute Gasteiger partial charge is 0.492 e. The van der Waals surface area contributed by atoms with Gasteiger partial charge in [0.1, 0.15) is 5.75 Å². The lowest BCUT2D eigenvalue weighted by Gasteiger charge is -2.11. The van der Waals surface area contributed by atoms with Crippen molar-refractivity contribution in [2.45, 2.75) is 12.7 Å². The fourth-order valence-electron chi connectivity index (χ4n) is 1.93. The van der Waals surface area contributed by atoms with Crippen LogP contribution in [-0.2, 0) is 10.5 Å². The number of hydrogen-bond acceptors (Lipinski definition) is 3. The van der Waals surface area contributed by atoms with Gasteiger partial charge in [0, 0.05) is 10.2 Å². The Labute approximate surface area is 143 Å². The second-order valence-corrected chi connectivity index (χ2v) is 6.50. The van der Waals surface area contributed by atoms with E-state index in [-0.39, 0.29) is 5.91 Å². The van der Waals surface area contributed by atoms with E-state index in [2.05, 4.69) is 33.4 Å². The molecule has 0 bridgehead atoms. The molecule has 0 saturated carbocycles. The molecule has 0 radical (unpaired) electrons. The van der Waals surface area contributed by atoms with E-state index in [4.69, 9.17) is 4.74 Å². The molecule has 116 valence electrons. The van der Waals surface area contributed by atoms with Gasteiger partial charge in [-0.25, -0.2) is 0 Å². The summed E-state index contributed by atoms with van der Waals surface area (Å²) in [4.78, 5) is 12.0. The van der Waals surface area contributed by atoms with Gasteiger partial charge < -0.3 is 10.1 Å². The fourth-order valence-corrected chi connectivity index (χ4v) is 3.15. The molecule has 5 heteroatoms. The van der Waals surface area contributed by atoms with Gasteiger partial charge in [-0.1, -0.05) is 40.2 Å². The highest BCUT2D eigenvalue weighted by Gasteiger charge is 2.07. The molecule has 3 nitrogen and oxygen atoms in total. The van der Waals surface area contributed by atoms with Crippen LogP contribution in [-0.4, -0.2) is 18.3 Å². The van der Waals surface area contributed by atoms with E-state index in [0.717, 1.165) is 15.9 Å². The molecule has 0 aromatic heterocycles. The van der Waals surface area contributed by atoms with Gasteiger partial charge in [0.25, 0.3) is 0 Å². The first-order valence-corrected chi connectivity index (χ1v) is 8.97. The van der Waals surface area contributed by atoms with Crippen molar-refractivity contribution in [1.29, 1.82) is 0 Å². The normalized spacial score (nSPS) is 10.3. The molecule has 0 aliphatic heterocycles. The van der Waals surface area contributed by atoms with Crippen molar-refractivity contribution >= 4 is 39.3 Å². The number of halogens is 1. The lowest BCUT2D eigenvalue weighted by Crippen LogP contribution is -2.15. The molecule has 0 spiro atoms. The quantitative estimate of drug-likeness (QED) is 0.756. The zero-order valence-electron chi connectivity index (χ0n) is 12.3. The second kappa shape index (κ2) is 8.86. The van der Waals surface area contributed by atoms with Crippen LogP contribution < -0.4 is 10.1 Å². The summed E-state index contributed by atoms with van der Waals surface area (Å²) in [6.07, 6.45) is 0. The first kappa shape index (κ1) is 16.9. The van der Waals surface area contributed by atoms with Gasteiger partial charge in [0.05, 0.1) is 18.0 Å². The molecule has 0 unspecified atom stereocenters. The minimum atomic E-state index is -0.0212. The van der Waals surface area contributed by atoms with Crippen LogP contribution in [0.2, 0.25) is 0 Å². The number of ether oxygens (including phenoxy) is 1. The molecule has 2 rings (SSSR count). The number of benzene rings is 2. The number of hydrogen-bond donors (Lipinski definition) is 1. The van der Waals surface area contributed by atoms with Crippen LogP contribution >= 0.6 is 27.7 Å². The Kier molecular flexibility index (Phi) is 6.80. The summed E-state index contributed by atoms with van der Waals surface area (Å²) in [6, 6.07) is 15.6. The predicted molar refractivity (Wildman–Crippen MR) is 96.5 cm³/mol. The zero-order chi connectivity index (χ0) is 15.8. The maximum atomic E-state index is 12.0. The van der Waals surface area contributed by atoms with Gasteiger partial charge in [0.2, 0.25) is 5.91 Å². The molecule has 2 aromatic rings. The summed E-state index contributed by atoms with van der Waals surface area (Å²) in [5.74, 6) is 1.90. The third kappa shape index (κ3) is 5.39. The summed E-state index contributed by atoms with van der Waals surface area (Å²) < 4.78 is 6.55. The standard InChI is InChI=1S/C17H18BrNO2S/c1-2-21-16-9-4-3-8-15(16)19-17(20)12-22-11-13-6-5-7-14(18)10-13/h3-10H,2,11-12H2,1H3,(H,19,20). The molecule has 2 aromatic carbocycles. The molecule has 0 aliphatic rings. The topological polar surface area (TPSA) is 38.3 Å². The first-order chi connectivity index (χ1) is 10.7. The smallest absolute Gasteiger partial charge is 0.234 e. The highest BCUT2D eigenvalue weighted by molar-refractivity contribution is 9.10. The van der Waals surface area contributed by atoms with Crippen molar-refractivity contribution in [1.82, 2.24) is 0 Å². The molecule has 0 fully saturated rings. The minimum Gasteiger partial charge on any atom is -0.492 e. The summed E-state index contributed by atoms with van der Waals surface area (Å²) in [6.45, 7) is 2.50. The highest BCUT2D eigenvalue weighted by Crippen LogP contribution is 2.24. The van der Waals surface area contributed by atoms with Crippen LogP contribution in [0.25, 0.3) is 0 Å². The van der Waals surface area contributed by atoms with Crippen LogP contribution in [0.3, 0.4) is 0 Å². The third-order valence-corrected chi connectivity index (χ3v) is 4.35. The van der Waals surface area contributed by atoms with Gasteiger partial charge >= 0.3 is 0 Å². The summed E-state index contributed by atoms with van der Waals surface area (Å²) >= 11 is 5.04. The Bertz CT molecular complexity index is 634. The number of thioether (sulfide) groups is 1. The van der Waals surface area contributed by atoms with Gasteiger partial charge in [-0.2, -0.15) is 0 Å². The lowest BCUT2D eigenvalue weighted by molar-refractivity contribution is -0.113. The molecular formula is C17H18BrNO2S. The zero-order valence-corrected chi connectivity index (χ0v) is 14.7. The summed E-state index contributed by atoms with van der Waals surface area (Å²) in [7, 11) is 0. The number of anilines is 1. The molecule has 0 saturated heterocycles. The number of carbonyl (C=O) groups excluding carboxylic acids is 1. The van der Waals surface area contributed by atoms with E-state index < -0.39 is 0 Å². The van der Waals surface area contributed by atoms with E-state index in [9.17, 15) is 4.79 Å². The Hall–Kier alpha value is -1.46. The van der Waals surface area contributed by atoms with E-state index >= 15 is 0 Å². The van der Waals surface area contributed by atoms with E-state index in [1.807, 2.05) is 43.3 Å². The van der Waals surface area contributed by atoms with E-state index in [0.29, 0.717) is 18.1 Å². The average Bonchev–Trinajstić information content (AvgIpc) is 2.49. The van der Waals surface area contributed by atoms with Gasteiger partial charge in [-0.05, 0) is 36.8 Å². The van der Waals surface area contributed by atoms with Crippen LogP contribution in [0.15, 0.2) is 53.0 Å². The molecule has 0 atom stereocenters. The third-order valence-electron chi connectivity index (χ3n) is 2.85. The summed E-state index contributed by atoms with van der Waals surface area (Å²) in [5.41, 5.74) is 1.92. The lowest BCUT2D eigenvalue weighted by atomic mass is 10.2. The molecular weight excluding hydrogens is 362 g/mol. The highest BCUT2D eigenvalue weighted by atomic mass is 79.9. The molecule has 1 amide bonds. The van der Waals surface area contributed by atoms with Gasteiger partial charge in [0.15, 0.2) is 0 Å². The van der Waals surface area contributed by atoms with Crippen LogP contribution in [0.4, 0.5) is 5.69 Å². The van der Waals surface area contributed by atoms with Crippen LogP contribution in [0.1, 0.15) is 12.5 Å². The van der Waals surface area contributed by atoms with Gasteiger partial charge in [-0.15, -0.1) is 11.8 Å². The molecule has 0 aliphatic carbocycles. The Morgan fingerprint density at radius 3 is 2.82 bits per heavy atom. The van der Waals surface area contributed by atoms with Gasteiger partial charge in [-0.3, -0.25) is 4.79 Å². The van der Waals surface area contributed by atoms with Crippen molar-refractivity contribution in [2.75, 3.05) is 17.7 Å². The predicted octanol–water partition coefficient (Wildman–Crippen LogP) is 4.72. The Morgan fingerprint density at radius 1 is 1.23 bits per heavy atom. The SMILES string of the molecule is CCOc1ccccc1NC(=O)CSCc1cccc(Br)c1. The van der Waals surface area contributed by atoms with Crippen molar-refractivity contribution in [3.8, 4) is 5.75 Å². The number of rotatable bonds is 7. The fraction of sp³-hybridized carbons (Fsp3) is 0.235. The van der Waals surface area contributed by atoms with Crippen molar-refractivity contribution in [3.63, 3.8) is 0 Å². The van der Waals surface area contributed by atoms with E-state index in [1.165, 1.54) is 5.56 Å². The minimum absolute atomic E-state index is 0.0212. The summed E-state index contributed by atoms with van der Waals surface area (Å²) in [5, 5.41) is 2.90.